The van der Waals surface area contributed by atoms with Crippen molar-refractivity contribution in [2.75, 3.05) is 0 Å². The topological polar surface area (TPSA) is 0 Å². The third-order valence-electron chi connectivity index (χ3n) is 1.72. The second-order valence-corrected chi connectivity index (χ2v) is 2.58. The van der Waals surface area contributed by atoms with E-state index < -0.39 is 36.1 Å². The molecule has 0 atom stereocenters. The lowest BCUT2D eigenvalue weighted by molar-refractivity contribution is -0.234. The van der Waals surface area contributed by atoms with Crippen molar-refractivity contribution >= 4 is 0 Å². The summed E-state index contributed by atoms with van der Waals surface area (Å²) >= 11 is 0. The Kier molecular flexibility index (Phi) is 2.08. The third-order valence-corrected chi connectivity index (χ3v) is 1.72. The number of hydrogen-bond acceptors (Lipinski definition) is 0. The first-order valence-electron chi connectivity index (χ1n) is 3.13. The van der Waals surface area contributed by atoms with Gasteiger partial charge in [0.1, 0.15) is 0 Å². The Morgan fingerprint density at radius 1 is 1.15 bits per heavy atom. The Hall–Kier alpha value is -0.750. The molecule has 1 rings (SSSR count). The first-order valence-corrected chi connectivity index (χ1v) is 3.13. The summed E-state index contributed by atoms with van der Waals surface area (Å²) in [6, 6.07) is 0. The van der Waals surface area contributed by atoms with E-state index in [9.17, 15) is 30.7 Å². The minimum absolute atomic E-state index is 1.64. The molecule has 0 spiro atoms. The maximum Gasteiger partial charge on any atom is 0.334 e. The van der Waals surface area contributed by atoms with Crippen LogP contribution in [0, 0.1) is 0 Å². The minimum Gasteiger partial charge on any atom is -0.205 e. The number of halogens is 7. The molecule has 1 fully saturated rings. The SMILES string of the molecule is F/C(=C1/CC(F)(F)C1(F)F)C(F)F. The van der Waals surface area contributed by atoms with Crippen LogP contribution in [0.4, 0.5) is 30.7 Å². The van der Waals surface area contributed by atoms with Gasteiger partial charge in [-0.3, -0.25) is 0 Å². The standard InChI is InChI=1S/C6H3F7/c7-3(4(8)9)2-1-5(10,11)6(2,12)13/h4H,1H2/b3-2-. The molecule has 0 radical (unpaired) electrons. The molecule has 0 saturated heterocycles. The molecule has 1 aliphatic rings. The second kappa shape index (κ2) is 2.62. The van der Waals surface area contributed by atoms with Crippen LogP contribution in [0.25, 0.3) is 0 Å². The van der Waals surface area contributed by atoms with Crippen LogP contribution in [-0.2, 0) is 0 Å². The molecule has 0 aliphatic heterocycles. The molecule has 1 aliphatic carbocycles. The zero-order chi connectivity index (χ0) is 10.4. The molecular formula is C6H3F7. The highest BCUT2D eigenvalue weighted by Crippen LogP contribution is 2.56. The van der Waals surface area contributed by atoms with Gasteiger partial charge in [-0.1, -0.05) is 0 Å². The van der Waals surface area contributed by atoms with Crippen molar-refractivity contribution in [2.24, 2.45) is 0 Å². The van der Waals surface area contributed by atoms with E-state index in [0.29, 0.717) is 0 Å². The lowest BCUT2D eigenvalue weighted by Gasteiger charge is -2.38. The van der Waals surface area contributed by atoms with Crippen LogP contribution in [0.2, 0.25) is 0 Å². The summed E-state index contributed by atoms with van der Waals surface area (Å²) in [5, 5.41) is 0. The van der Waals surface area contributed by atoms with E-state index in [2.05, 4.69) is 0 Å². The average Bonchev–Trinajstić information content (AvgIpc) is 1.98. The summed E-state index contributed by atoms with van der Waals surface area (Å²) in [6.07, 6.45) is -5.41. The van der Waals surface area contributed by atoms with Crippen LogP contribution in [-0.4, -0.2) is 18.3 Å². The van der Waals surface area contributed by atoms with E-state index in [0.717, 1.165) is 0 Å². The van der Waals surface area contributed by atoms with E-state index in [1.807, 2.05) is 0 Å². The van der Waals surface area contributed by atoms with Crippen LogP contribution in [0.15, 0.2) is 11.4 Å². The van der Waals surface area contributed by atoms with Crippen molar-refractivity contribution in [1.29, 1.82) is 0 Å². The Morgan fingerprint density at radius 2 is 1.62 bits per heavy atom. The number of alkyl halides is 6. The highest BCUT2D eigenvalue weighted by molar-refractivity contribution is 5.33. The Labute approximate surface area is 68.0 Å². The number of hydrogen-bond donors (Lipinski definition) is 0. The van der Waals surface area contributed by atoms with Gasteiger partial charge < -0.3 is 0 Å². The van der Waals surface area contributed by atoms with E-state index in [4.69, 9.17) is 0 Å². The van der Waals surface area contributed by atoms with Crippen molar-refractivity contribution in [2.45, 2.75) is 24.7 Å². The van der Waals surface area contributed by atoms with Gasteiger partial charge in [0.15, 0.2) is 5.83 Å². The monoisotopic (exact) mass is 208 g/mol. The molecule has 0 N–H and O–H groups in total. The van der Waals surface area contributed by atoms with Gasteiger partial charge in [-0.2, -0.15) is 17.6 Å². The molecule has 0 amide bonds. The summed E-state index contributed by atoms with van der Waals surface area (Å²) in [5.74, 6) is -11.6. The van der Waals surface area contributed by atoms with Crippen molar-refractivity contribution in [3.05, 3.63) is 11.4 Å². The predicted octanol–water partition coefficient (Wildman–Crippen LogP) is 3.15. The van der Waals surface area contributed by atoms with Gasteiger partial charge in [0, 0.05) is 12.0 Å². The van der Waals surface area contributed by atoms with Crippen LogP contribution in [0.1, 0.15) is 6.42 Å². The molecule has 0 aromatic carbocycles. The molecule has 13 heavy (non-hydrogen) atoms. The van der Waals surface area contributed by atoms with Crippen LogP contribution in [0.3, 0.4) is 0 Å². The zero-order valence-corrected chi connectivity index (χ0v) is 5.93. The molecule has 0 heterocycles. The van der Waals surface area contributed by atoms with Gasteiger partial charge in [0.05, 0.1) is 0 Å². The third kappa shape index (κ3) is 1.30. The Morgan fingerprint density at radius 3 is 1.85 bits per heavy atom. The maximum absolute atomic E-state index is 12.2. The molecule has 0 bridgehead atoms. The predicted molar refractivity (Wildman–Crippen MR) is 28.6 cm³/mol. The maximum atomic E-state index is 12.2. The lowest BCUT2D eigenvalue weighted by Crippen LogP contribution is -2.53. The average molecular weight is 208 g/mol. The molecule has 0 unspecified atom stereocenters. The fourth-order valence-electron chi connectivity index (χ4n) is 0.924. The van der Waals surface area contributed by atoms with E-state index >= 15 is 0 Å². The van der Waals surface area contributed by atoms with E-state index in [1.165, 1.54) is 0 Å². The van der Waals surface area contributed by atoms with Gasteiger partial charge in [0.2, 0.25) is 0 Å². The van der Waals surface area contributed by atoms with Crippen LogP contribution >= 0.6 is 0 Å². The summed E-state index contributed by atoms with van der Waals surface area (Å²) in [7, 11) is 0. The lowest BCUT2D eigenvalue weighted by atomic mass is 9.82. The Bertz CT molecular complexity index is 252. The summed E-state index contributed by atoms with van der Waals surface area (Å²) in [5.41, 5.74) is -1.80. The van der Waals surface area contributed by atoms with Crippen molar-refractivity contribution in [3.8, 4) is 0 Å². The molecule has 1 saturated carbocycles. The molecule has 0 nitrogen and oxygen atoms in total. The van der Waals surface area contributed by atoms with Crippen molar-refractivity contribution in [1.82, 2.24) is 0 Å². The second-order valence-electron chi connectivity index (χ2n) is 2.58. The zero-order valence-electron chi connectivity index (χ0n) is 5.93. The van der Waals surface area contributed by atoms with Crippen LogP contribution < -0.4 is 0 Å². The fourth-order valence-corrected chi connectivity index (χ4v) is 0.924. The molecule has 7 heteroatoms. The van der Waals surface area contributed by atoms with Crippen molar-refractivity contribution in [3.63, 3.8) is 0 Å². The highest BCUT2D eigenvalue weighted by Gasteiger charge is 2.70. The van der Waals surface area contributed by atoms with Gasteiger partial charge >= 0.3 is 11.8 Å². The Balaban J connectivity index is 2.97. The molecule has 0 aromatic heterocycles. The van der Waals surface area contributed by atoms with Crippen LogP contribution in [0.5, 0.6) is 0 Å². The largest absolute Gasteiger partial charge is 0.334 e. The van der Waals surface area contributed by atoms with Gasteiger partial charge in [-0.15, -0.1) is 0 Å². The molecule has 76 valence electrons. The fraction of sp³-hybridized carbons (Fsp3) is 0.667. The summed E-state index contributed by atoms with van der Waals surface area (Å²) in [6.45, 7) is 0. The normalized spacial score (nSPS) is 28.6. The van der Waals surface area contributed by atoms with E-state index in [-0.39, 0.29) is 0 Å². The van der Waals surface area contributed by atoms with Crippen molar-refractivity contribution < 1.29 is 30.7 Å². The first kappa shape index (κ1) is 10.3. The highest BCUT2D eigenvalue weighted by atomic mass is 19.3. The van der Waals surface area contributed by atoms with E-state index in [1.54, 1.807) is 0 Å². The molecule has 0 aromatic rings. The quantitative estimate of drug-likeness (QED) is 0.580. The number of rotatable bonds is 1. The first-order chi connectivity index (χ1) is 5.70. The van der Waals surface area contributed by atoms with Gasteiger partial charge in [-0.05, 0) is 0 Å². The molecular weight excluding hydrogens is 205 g/mol. The summed E-state index contributed by atoms with van der Waals surface area (Å²) in [4.78, 5) is 0. The smallest absolute Gasteiger partial charge is 0.205 e. The minimum atomic E-state index is -4.77. The number of allylic oxidation sites excluding steroid dienone is 2. The van der Waals surface area contributed by atoms with Gasteiger partial charge in [0.25, 0.3) is 6.43 Å². The van der Waals surface area contributed by atoms with Gasteiger partial charge in [-0.25, -0.2) is 13.2 Å². The summed E-state index contributed by atoms with van der Waals surface area (Å²) < 4.78 is 83.5.